The van der Waals surface area contributed by atoms with E-state index < -0.39 is 17.6 Å². The third kappa shape index (κ3) is 2.67. The monoisotopic (exact) mass is 223 g/mol. The molecule has 0 spiro atoms. The summed E-state index contributed by atoms with van der Waals surface area (Å²) in [5.41, 5.74) is 1.38. The second-order valence-electron chi connectivity index (χ2n) is 2.26. The van der Waals surface area contributed by atoms with Gasteiger partial charge >= 0.3 is 11.8 Å². The molecule has 0 fully saturated rings. The van der Waals surface area contributed by atoms with Crippen molar-refractivity contribution in [3.8, 4) is 0 Å². The van der Waals surface area contributed by atoms with Crippen LogP contribution in [0.25, 0.3) is 0 Å². The van der Waals surface area contributed by atoms with Crippen molar-refractivity contribution >= 4 is 17.7 Å². The quantitative estimate of drug-likeness (QED) is 0.334. The lowest BCUT2D eigenvalue weighted by atomic mass is 10.4. The molecule has 0 aromatic carbocycles. The molecule has 0 saturated heterocycles. The van der Waals surface area contributed by atoms with E-state index in [0.29, 0.717) is 11.8 Å². The van der Waals surface area contributed by atoms with Crippen molar-refractivity contribution in [2.24, 2.45) is 5.84 Å². The number of aromatic nitrogens is 1. The summed E-state index contributed by atoms with van der Waals surface area (Å²) in [5, 5.41) is 0.0782. The lowest BCUT2D eigenvalue weighted by Gasteiger charge is -2.11. The molecule has 1 amide bonds. The standard InChI is InChI=1S/C6H7F2N3O2S/c7-6(8,4(12)11-9)3-14-5-10-1-2-13-5/h1-2H,3,9H2,(H,11,12). The first-order valence-corrected chi connectivity index (χ1v) is 4.46. The molecule has 0 saturated carbocycles. The fraction of sp³-hybridized carbons (Fsp3) is 0.333. The van der Waals surface area contributed by atoms with Gasteiger partial charge in [0.15, 0.2) is 0 Å². The molecule has 14 heavy (non-hydrogen) atoms. The van der Waals surface area contributed by atoms with Crippen molar-refractivity contribution in [3.63, 3.8) is 0 Å². The predicted molar refractivity (Wildman–Crippen MR) is 44.5 cm³/mol. The Kier molecular flexibility index (Phi) is 3.42. The van der Waals surface area contributed by atoms with Crippen molar-refractivity contribution in [2.75, 3.05) is 5.75 Å². The molecule has 1 heterocycles. The van der Waals surface area contributed by atoms with E-state index in [-0.39, 0.29) is 5.22 Å². The number of amides is 1. The Hall–Kier alpha value is -1.15. The molecule has 1 aromatic rings. The largest absolute Gasteiger partial charge is 0.440 e. The Bertz CT molecular complexity index is 304. The van der Waals surface area contributed by atoms with Gasteiger partial charge in [-0.25, -0.2) is 10.8 Å². The average Bonchev–Trinajstić information content (AvgIpc) is 2.66. The fourth-order valence-corrected chi connectivity index (χ4v) is 1.30. The zero-order valence-corrected chi connectivity index (χ0v) is 7.68. The van der Waals surface area contributed by atoms with Crippen LogP contribution in [0.5, 0.6) is 0 Å². The van der Waals surface area contributed by atoms with Crippen molar-refractivity contribution in [2.45, 2.75) is 11.1 Å². The zero-order chi connectivity index (χ0) is 10.6. The third-order valence-corrected chi connectivity index (χ3v) is 2.21. The summed E-state index contributed by atoms with van der Waals surface area (Å²) in [7, 11) is 0. The number of halogens is 2. The minimum Gasteiger partial charge on any atom is -0.440 e. The molecule has 5 nitrogen and oxygen atoms in total. The molecular formula is C6H7F2N3O2S. The molecule has 78 valence electrons. The van der Waals surface area contributed by atoms with E-state index in [9.17, 15) is 13.6 Å². The number of rotatable bonds is 4. The van der Waals surface area contributed by atoms with E-state index in [2.05, 4.69) is 10.8 Å². The van der Waals surface area contributed by atoms with Crippen LogP contribution in [0.1, 0.15) is 0 Å². The Morgan fingerprint density at radius 2 is 2.50 bits per heavy atom. The van der Waals surface area contributed by atoms with E-state index in [0.717, 1.165) is 0 Å². The maximum Gasteiger partial charge on any atom is 0.335 e. The molecule has 0 aliphatic heterocycles. The highest BCUT2D eigenvalue weighted by atomic mass is 32.2. The van der Waals surface area contributed by atoms with Crippen molar-refractivity contribution < 1.29 is 18.0 Å². The Balaban J connectivity index is 2.48. The molecular weight excluding hydrogens is 216 g/mol. The van der Waals surface area contributed by atoms with Gasteiger partial charge in [-0.05, 0) is 0 Å². The Labute approximate surface area is 82.0 Å². The molecule has 0 atom stereocenters. The van der Waals surface area contributed by atoms with Gasteiger partial charge in [-0.1, -0.05) is 11.8 Å². The molecule has 0 radical (unpaired) electrons. The first-order chi connectivity index (χ1) is 6.56. The lowest BCUT2D eigenvalue weighted by molar-refractivity contribution is -0.142. The highest BCUT2D eigenvalue weighted by Gasteiger charge is 2.38. The second-order valence-corrected chi connectivity index (χ2v) is 3.19. The number of alkyl halides is 2. The number of nitrogens with one attached hydrogen (secondary N) is 1. The second kappa shape index (κ2) is 4.38. The maximum absolute atomic E-state index is 12.8. The topological polar surface area (TPSA) is 81.1 Å². The molecule has 1 aromatic heterocycles. The lowest BCUT2D eigenvalue weighted by Crippen LogP contribution is -2.45. The highest BCUT2D eigenvalue weighted by molar-refractivity contribution is 7.99. The summed E-state index contributed by atoms with van der Waals surface area (Å²) >= 11 is 0.634. The molecule has 0 aliphatic rings. The average molecular weight is 223 g/mol. The summed E-state index contributed by atoms with van der Waals surface area (Å²) in [6.45, 7) is 0. The van der Waals surface area contributed by atoms with Gasteiger partial charge < -0.3 is 4.42 Å². The van der Waals surface area contributed by atoms with E-state index >= 15 is 0 Å². The maximum atomic E-state index is 12.8. The first-order valence-electron chi connectivity index (χ1n) is 3.47. The van der Waals surface area contributed by atoms with Crippen molar-refractivity contribution in [1.82, 2.24) is 10.4 Å². The Morgan fingerprint density at radius 1 is 1.79 bits per heavy atom. The molecule has 1 rings (SSSR count). The van der Waals surface area contributed by atoms with E-state index in [1.54, 1.807) is 0 Å². The van der Waals surface area contributed by atoms with Gasteiger partial charge in [0.2, 0.25) is 0 Å². The molecule has 8 heteroatoms. The molecule has 0 bridgehead atoms. The number of carbonyl (C=O) groups is 1. The smallest absolute Gasteiger partial charge is 0.335 e. The van der Waals surface area contributed by atoms with Gasteiger partial charge in [-0.2, -0.15) is 8.78 Å². The minimum absolute atomic E-state index is 0.0782. The van der Waals surface area contributed by atoms with Crippen LogP contribution < -0.4 is 11.3 Å². The SMILES string of the molecule is NNC(=O)C(F)(F)CSc1ncco1. The minimum atomic E-state index is -3.53. The summed E-state index contributed by atoms with van der Waals surface area (Å²) in [6.07, 6.45) is 2.58. The van der Waals surface area contributed by atoms with Gasteiger partial charge in [0, 0.05) is 0 Å². The molecule has 0 aliphatic carbocycles. The molecule has 3 N–H and O–H groups in total. The summed E-state index contributed by atoms with van der Waals surface area (Å²) in [5.74, 6) is -1.25. The van der Waals surface area contributed by atoms with Gasteiger partial charge in [-0.15, -0.1) is 0 Å². The van der Waals surface area contributed by atoms with Crippen molar-refractivity contribution in [1.29, 1.82) is 0 Å². The first kappa shape index (κ1) is 10.9. The highest BCUT2D eigenvalue weighted by Crippen LogP contribution is 2.24. The van der Waals surface area contributed by atoms with Crippen molar-refractivity contribution in [3.05, 3.63) is 12.5 Å². The number of nitrogens with two attached hydrogens (primary N) is 1. The van der Waals surface area contributed by atoms with Crippen LogP contribution in [0.2, 0.25) is 0 Å². The van der Waals surface area contributed by atoms with Gasteiger partial charge in [0.1, 0.15) is 6.26 Å². The zero-order valence-electron chi connectivity index (χ0n) is 6.87. The number of carbonyl (C=O) groups excluding carboxylic acids is 1. The van der Waals surface area contributed by atoms with Crippen LogP contribution in [0.15, 0.2) is 22.1 Å². The van der Waals surface area contributed by atoms with Crippen LogP contribution in [-0.4, -0.2) is 22.6 Å². The number of hydrogen-bond acceptors (Lipinski definition) is 5. The normalized spacial score (nSPS) is 11.4. The molecule has 0 unspecified atom stereocenters. The number of hydrogen-bond donors (Lipinski definition) is 2. The number of thioether (sulfide) groups is 1. The summed E-state index contributed by atoms with van der Waals surface area (Å²) < 4.78 is 30.4. The van der Waals surface area contributed by atoms with Gasteiger partial charge in [0.05, 0.1) is 11.9 Å². The van der Waals surface area contributed by atoms with Crippen LogP contribution in [-0.2, 0) is 4.79 Å². The number of oxazole rings is 1. The van der Waals surface area contributed by atoms with Crippen LogP contribution in [0.3, 0.4) is 0 Å². The predicted octanol–water partition coefficient (Wildman–Crippen LogP) is 0.392. The van der Waals surface area contributed by atoms with Gasteiger partial charge in [0.25, 0.3) is 5.22 Å². The summed E-state index contributed by atoms with van der Waals surface area (Å²) in [6, 6.07) is 0. The number of nitrogens with zero attached hydrogens (tertiary/aromatic N) is 1. The van der Waals surface area contributed by atoms with E-state index in [1.807, 2.05) is 0 Å². The van der Waals surface area contributed by atoms with E-state index in [4.69, 9.17) is 4.42 Å². The summed E-state index contributed by atoms with van der Waals surface area (Å²) in [4.78, 5) is 14.1. The number of hydrazine groups is 1. The van der Waals surface area contributed by atoms with Gasteiger partial charge in [-0.3, -0.25) is 10.2 Å². The van der Waals surface area contributed by atoms with Crippen LogP contribution in [0.4, 0.5) is 8.78 Å². The van der Waals surface area contributed by atoms with Crippen LogP contribution >= 0.6 is 11.8 Å². The fourth-order valence-electron chi connectivity index (χ4n) is 0.605. The van der Waals surface area contributed by atoms with E-state index in [1.165, 1.54) is 17.9 Å². The third-order valence-electron chi connectivity index (χ3n) is 1.25. The van der Waals surface area contributed by atoms with Crippen LogP contribution in [0, 0.1) is 0 Å². The Morgan fingerprint density at radius 3 is 3.00 bits per heavy atom.